The maximum Gasteiger partial charge on any atom is 0.270 e. The number of hydrogen-bond acceptors (Lipinski definition) is 2. The lowest BCUT2D eigenvalue weighted by molar-refractivity contribution is 0.0682. The van der Waals surface area contributed by atoms with Crippen LogP contribution in [0.25, 0.3) is 0 Å². The Kier molecular flexibility index (Phi) is 3.61. The second-order valence-electron chi connectivity index (χ2n) is 4.57. The molecule has 4 heteroatoms. The summed E-state index contributed by atoms with van der Waals surface area (Å²) < 4.78 is 0. The molecule has 1 saturated heterocycles. The molecule has 0 spiro atoms. The molecule has 92 valence electrons. The van der Waals surface area contributed by atoms with E-state index in [0.29, 0.717) is 5.69 Å². The van der Waals surface area contributed by atoms with Crippen molar-refractivity contribution in [1.29, 1.82) is 0 Å². The molecule has 1 fully saturated rings. The fourth-order valence-corrected chi connectivity index (χ4v) is 2.29. The van der Waals surface area contributed by atoms with Crippen LogP contribution in [0.5, 0.6) is 0 Å². The SMILES string of the molecule is CCC1CCN(C(=O)c2cccc(=O)[nH]2)CC1. The topological polar surface area (TPSA) is 53.2 Å². The van der Waals surface area contributed by atoms with Crippen molar-refractivity contribution in [3.05, 3.63) is 34.2 Å². The summed E-state index contributed by atoms with van der Waals surface area (Å²) in [7, 11) is 0. The van der Waals surface area contributed by atoms with Crippen molar-refractivity contribution < 1.29 is 4.79 Å². The summed E-state index contributed by atoms with van der Waals surface area (Å²) in [5.74, 6) is 0.686. The summed E-state index contributed by atoms with van der Waals surface area (Å²) in [5, 5.41) is 0. The summed E-state index contributed by atoms with van der Waals surface area (Å²) in [6.45, 7) is 3.79. The van der Waals surface area contributed by atoms with Gasteiger partial charge in [0.2, 0.25) is 5.56 Å². The molecule has 2 rings (SSSR count). The summed E-state index contributed by atoms with van der Waals surface area (Å²) in [6, 6.07) is 4.70. The van der Waals surface area contributed by atoms with Crippen LogP contribution in [0.3, 0.4) is 0 Å². The maximum atomic E-state index is 12.1. The lowest BCUT2D eigenvalue weighted by atomic mass is 9.94. The lowest BCUT2D eigenvalue weighted by Gasteiger charge is -2.31. The summed E-state index contributed by atoms with van der Waals surface area (Å²) in [6.07, 6.45) is 3.32. The van der Waals surface area contributed by atoms with E-state index in [1.807, 2.05) is 4.90 Å². The number of nitrogens with one attached hydrogen (secondary N) is 1. The van der Waals surface area contributed by atoms with Gasteiger partial charge in [0.1, 0.15) is 5.69 Å². The summed E-state index contributed by atoms with van der Waals surface area (Å²) >= 11 is 0. The van der Waals surface area contributed by atoms with Crippen LogP contribution in [0.4, 0.5) is 0 Å². The predicted molar refractivity (Wildman–Crippen MR) is 66.0 cm³/mol. The number of pyridine rings is 1. The quantitative estimate of drug-likeness (QED) is 0.845. The van der Waals surface area contributed by atoms with Gasteiger partial charge in [-0.05, 0) is 24.8 Å². The second-order valence-corrected chi connectivity index (χ2v) is 4.57. The van der Waals surface area contributed by atoms with Crippen LogP contribution in [-0.2, 0) is 0 Å². The van der Waals surface area contributed by atoms with Gasteiger partial charge in [0.25, 0.3) is 5.91 Å². The molecule has 1 aliphatic heterocycles. The van der Waals surface area contributed by atoms with Gasteiger partial charge in [-0.25, -0.2) is 0 Å². The maximum absolute atomic E-state index is 12.1. The fraction of sp³-hybridized carbons (Fsp3) is 0.538. The first kappa shape index (κ1) is 11.9. The molecule has 0 aliphatic carbocycles. The van der Waals surface area contributed by atoms with Crippen LogP contribution in [-0.4, -0.2) is 28.9 Å². The Morgan fingerprint density at radius 1 is 1.41 bits per heavy atom. The Hall–Kier alpha value is -1.58. The van der Waals surface area contributed by atoms with Crippen molar-refractivity contribution in [3.8, 4) is 0 Å². The van der Waals surface area contributed by atoms with Crippen molar-refractivity contribution in [1.82, 2.24) is 9.88 Å². The third-order valence-corrected chi connectivity index (χ3v) is 3.48. The highest BCUT2D eigenvalue weighted by atomic mass is 16.2. The molecule has 0 saturated carbocycles. The number of hydrogen-bond donors (Lipinski definition) is 1. The molecule has 1 aromatic heterocycles. The lowest BCUT2D eigenvalue weighted by Crippen LogP contribution is -2.39. The minimum atomic E-state index is -0.223. The number of carbonyl (C=O) groups is 1. The smallest absolute Gasteiger partial charge is 0.270 e. The Morgan fingerprint density at radius 2 is 2.12 bits per heavy atom. The molecule has 0 bridgehead atoms. The number of carbonyl (C=O) groups excluding carboxylic acids is 1. The zero-order valence-corrected chi connectivity index (χ0v) is 10.1. The van der Waals surface area contributed by atoms with E-state index in [9.17, 15) is 9.59 Å². The van der Waals surface area contributed by atoms with E-state index in [1.54, 1.807) is 12.1 Å². The molecule has 1 aliphatic rings. The molecule has 0 radical (unpaired) electrons. The molecular formula is C13H18N2O2. The Morgan fingerprint density at radius 3 is 2.71 bits per heavy atom. The molecule has 1 N–H and O–H groups in total. The molecular weight excluding hydrogens is 216 g/mol. The van der Waals surface area contributed by atoms with E-state index in [1.165, 1.54) is 12.5 Å². The van der Waals surface area contributed by atoms with Gasteiger partial charge >= 0.3 is 0 Å². The van der Waals surface area contributed by atoms with E-state index in [0.717, 1.165) is 31.8 Å². The van der Waals surface area contributed by atoms with Gasteiger partial charge in [-0.2, -0.15) is 0 Å². The number of amides is 1. The fourth-order valence-electron chi connectivity index (χ4n) is 2.29. The van der Waals surface area contributed by atoms with Crippen molar-refractivity contribution in [2.45, 2.75) is 26.2 Å². The van der Waals surface area contributed by atoms with Gasteiger partial charge in [0.15, 0.2) is 0 Å². The van der Waals surface area contributed by atoms with E-state index in [4.69, 9.17) is 0 Å². The molecule has 2 heterocycles. The zero-order chi connectivity index (χ0) is 12.3. The standard InChI is InChI=1S/C13H18N2O2/c1-2-10-6-8-15(9-7-10)13(17)11-4-3-5-12(16)14-11/h3-5,10H,2,6-9H2,1H3,(H,14,16). The van der Waals surface area contributed by atoms with Gasteiger partial charge < -0.3 is 9.88 Å². The van der Waals surface area contributed by atoms with Gasteiger partial charge in [0, 0.05) is 19.2 Å². The Balaban J connectivity index is 2.04. The normalized spacial score (nSPS) is 17.1. The van der Waals surface area contributed by atoms with Gasteiger partial charge in [0.05, 0.1) is 0 Å². The number of rotatable bonds is 2. The largest absolute Gasteiger partial charge is 0.337 e. The Bertz CT molecular complexity index is 445. The number of aromatic nitrogens is 1. The first-order chi connectivity index (χ1) is 8.20. The number of H-pyrrole nitrogens is 1. The number of aromatic amines is 1. The number of nitrogens with zero attached hydrogens (tertiary/aromatic N) is 1. The van der Waals surface area contributed by atoms with Crippen LogP contribution in [0.15, 0.2) is 23.0 Å². The van der Waals surface area contributed by atoms with Gasteiger partial charge in [-0.15, -0.1) is 0 Å². The average Bonchev–Trinajstić information content (AvgIpc) is 2.38. The van der Waals surface area contributed by atoms with E-state index < -0.39 is 0 Å². The first-order valence-corrected chi connectivity index (χ1v) is 6.19. The van der Waals surface area contributed by atoms with Gasteiger partial charge in [-0.3, -0.25) is 9.59 Å². The average molecular weight is 234 g/mol. The van der Waals surface area contributed by atoms with E-state index >= 15 is 0 Å². The molecule has 4 nitrogen and oxygen atoms in total. The second kappa shape index (κ2) is 5.17. The number of likely N-dealkylation sites (tertiary alicyclic amines) is 1. The molecule has 1 amide bonds. The highest BCUT2D eigenvalue weighted by Gasteiger charge is 2.22. The van der Waals surface area contributed by atoms with Crippen molar-refractivity contribution in [2.75, 3.05) is 13.1 Å². The van der Waals surface area contributed by atoms with Crippen LogP contribution in [0.2, 0.25) is 0 Å². The number of piperidine rings is 1. The highest BCUT2D eigenvalue weighted by molar-refractivity contribution is 5.92. The molecule has 0 unspecified atom stereocenters. The van der Waals surface area contributed by atoms with Crippen molar-refractivity contribution >= 4 is 5.91 Å². The van der Waals surface area contributed by atoms with Crippen LogP contribution in [0, 0.1) is 5.92 Å². The molecule has 0 aromatic carbocycles. The Labute approximate surface area is 101 Å². The third kappa shape index (κ3) is 2.75. The van der Waals surface area contributed by atoms with Crippen LogP contribution >= 0.6 is 0 Å². The minimum Gasteiger partial charge on any atom is -0.337 e. The van der Waals surface area contributed by atoms with Crippen molar-refractivity contribution in [2.24, 2.45) is 5.92 Å². The first-order valence-electron chi connectivity index (χ1n) is 6.19. The third-order valence-electron chi connectivity index (χ3n) is 3.48. The van der Waals surface area contributed by atoms with E-state index in [2.05, 4.69) is 11.9 Å². The zero-order valence-electron chi connectivity index (χ0n) is 10.1. The van der Waals surface area contributed by atoms with Crippen molar-refractivity contribution in [3.63, 3.8) is 0 Å². The van der Waals surface area contributed by atoms with E-state index in [-0.39, 0.29) is 11.5 Å². The minimum absolute atomic E-state index is 0.0581. The summed E-state index contributed by atoms with van der Waals surface area (Å²) in [5.41, 5.74) is 0.173. The monoisotopic (exact) mass is 234 g/mol. The highest BCUT2D eigenvalue weighted by Crippen LogP contribution is 2.20. The summed E-state index contributed by atoms with van der Waals surface area (Å²) in [4.78, 5) is 27.7. The molecule has 17 heavy (non-hydrogen) atoms. The molecule has 0 atom stereocenters. The molecule has 1 aromatic rings. The van der Waals surface area contributed by atoms with Crippen LogP contribution < -0.4 is 5.56 Å². The predicted octanol–water partition coefficient (Wildman–Crippen LogP) is 1.64. The van der Waals surface area contributed by atoms with Gasteiger partial charge in [-0.1, -0.05) is 19.4 Å². The van der Waals surface area contributed by atoms with Crippen LogP contribution in [0.1, 0.15) is 36.7 Å².